The van der Waals surface area contributed by atoms with Crippen LogP contribution in [0.3, 0.4) is 0 Å². The number of nitrogens with zero attached hydrogens (tertiary/aromatic N) is 2. The van der Waals surface area contributed by atoms with E-state index in [1.54, 1.807) is 24.3 Å². The molecule has 2 heterocycles. The molecule has 2 atom stereocenters. The first-order valence-corrected chi connectivity index (χ1v) is 23.3. The van der Waals surface area contributed by atoms with Crippen LogP contribution in [0, 0.1) is 33.3 Å². The molecule has 8 heteroatoms. The number of aryl methyl sites for hydroxylation is 2. The number of nitrogens with one attached hydrogen (secondary N) is 2. The van der Waals surface area contributed by atoms with Crippen LogP contribution in [0.2, 0.25) is 0 Å². The summed E-state index contributed by atoms with van der Waals surface area (Å²) in [5.41, 5.74) is 15.0. The standard InChI is InChI=1S/2C27H33FN2O/c2*1-6-25(2,3)14-21-24-20(29-30-21)12-17-13-26(4,5)15-22(31)23(17)27(24)10-9-16-11-18(28)7-8-19(16)27/h2*7-8,11H,6,9-10,12-15H2,1-5H3,(H,29,30)/t2*27-/m10/s1. The predicted molar refractivity (Wildman–Crippen MR) is 241 cm³/mol. The van der Waals surface area contributed by atoms with Gasteiger partial charge >= 0.3 is 0 Å². The molecule has 0 amide bonds. The second-order valence-electron chi connectivity index (χ2n) is 23.0. The number of H-pyrrole nitrogens is 2. The molecule has 0 fully saturated rings. The van der Waals surface area contributed by atoms with Gasteiger partial charge in [-0.3, -0.25) is 19.8 Å². The molecule has 328 valence electrons. The van der Waals surface area contributed by atoms with E-state index >= 15 is 0 Å². The monoisotopic (exact) mass is 841 g/mol. The third-order valence-corrected chi connectivity index (χ3v) is 16.0. The van der Waals surface area contributed by atoms with E-state index < -0.39 is 10.8 Å². The molecule has 10 rings (SSSR count). The smallest absolute Gasteiger partial charge is 0.160 e. The highest BCUT2D eigenvalue weighted by molar-refractivity contribution is 6.03. The first-order chi connectivity index (χ1) is 29.1. The van der Waals surface area contributed by atoms with Crippen molar-refractivity contribution in [2.75, 3.05) is 0 Å². The number of ketones is 2. The first kappa shape index (κ1) is 42.8. The first-order valence-electron chi connectivity index (χ1n) is 23.3. The summed E-state index contributed by atoms with van der Waals surface area (Å²) in [5.74, 6) is 0.153. The summed E-state index contributed by atoms with van der Waals surface area (Å²) in [4.78, 5) is 27.4. The van der Waals surface area contributed by atoms with Gasteiger partial charge in [0.25, 0.3) is 0 Å². The lowest BCUT2D eigenvalue weighted by atomic mass is 9.57. The van der Waals surface area contributed by atoms with Gasteiger partial charge in [-0.1, -0.05) is 105 Å². The molecular formula is C54H66F2N4O2. The number of rotatable bonds is 6. The number of hydrogen-bond acceptors (Lipinski definition) is 4. The van der Waals surface area contributed by atoms with Crippen LogP contribution in [-0.4, -0.2) is 32.0 Å². The van der Waals surface area contributed by atoms with Gasteiger partial charge in [0.15, 0.2) is 11.6 Å². The zero-order valence-corrected chi connectivity index (χ0v) is 38.8. The summed E-state index contributed by atoms with van der Waals surface area (Å²) in [7, 11) is 0. The maximum atomic E-state index is 14.1. The molecule has 0 saturated carbocycles. The minimum atomic E-state index is -0.480. The molecule has 0 unspecified atom stereocenters. The van der Waals surface area contributed by atoms with Gasteiger partial charge < -0.3 is 0 Å². The summed E-state index contributed by atoms with van der Waals surface area (Å²) in [6.07, 6.45) is 11.7. The third-order valence-electron chi connectivity index (χ3n) is 16.0. The van der Waals surface area contributed by atoms with E-state index in [0.717, 1.165) is 133 Å². The Morgan fingerprint density at radius 1 is 0.613 bits per heavy atom. The van der Waals surface area contributed by atoms with E-state index in [1.807, 2.05) is 12.1 Å². The number of benzene rings is 2. The van der Waals surface area contributed by atoms with Crippen LogP contribution >= 0.6 is 0 Å². The summed E-state index contributed by atoms with van der Waals surface area (Å²) in [6, 6.07) is 10.3. The van der Waals surface area contributed by atoms with E-state index in [0.29, 0.717) is 12.8 Å². The number of Topliss-reactive ketones (excluding diaryl/α,β-unsaturated/α-hetero) is 2. The Bertz CT molecular complexity index is 2420. The van der Waals surface area contributed by atoms with Crippen molar-refractivity contribution < 1.29 is 18.4 Å². The average molecular weight is 841 g/mol. The molecule has 2 spiro atoms. The fourth-order valence-corrected chi connectivity index (χ4v) is 12.8. The number of hydrogen-bond donors (Lipinski definition) is 2. The van der Waals surface area contributed by atoms with Crippen LogP contribution in [0.1, 0.15) is 177 Å². The summed E-state index contributed by atoms with van der Waals surface area (Å²) in [5, 5.41) is 16.4. The summed E-state index contributed by atoms with van der Waals surface area (Å²) >= 11 is 0. The Kier molecular flexibility index (Phi) is 10.0. The molecule has 2 N–H and O–H groups in total. The molecule has 0 saturated heterocycles. The molecule has 0 bridgehead atoms. The number of halogens is 2. The number of carbonyl (C=O) groups excluding carboxylic acids is 2. The van der Waals surface area contributed by atoms with Crippen molar-refractivity contribution in [2.45, 2.75) is 170 Å². The Balaban J connectivity index is 0.000000158. The lowest BCUT2D eigenvalue weighted by Crippen LogP contribution is -2.42. The highest BCUT2D eigenvalue weighted by Crippen LogP contribution is 2.60. The van der Waals surface area contributed by atoms with Gasteiger partial charge in [-0.25, -0.2) is 8.78 Å². The normalized spacial score (nSPS) is 24.4. The molecule has 62 heavy (non-hydrogen) atoms. The number of aromatic nitrogens is 4. The minimum absolute atomic E-state index is 0.0219. The quantitative estimate of drug-likeness (QED) is 0.202. The number of aromatic amines is 2. The van der Waals surface area contributed by atoms with Crippen molar-refractivity contribution in [1.82, 2.24) is 20.4 Å². The van der Waals surface area contributed by atoms with Crippen LogP contribution in [0.25, 0.3) is 0 Å². The van der Waals surface area contributed by atoms with Crippen LogP contribution in [0.4, 0.5) is 8.78 Å². The van der Waals surface area contributed by atoms with Crippen molar-refractivity contribution in [1.29, 1.82) is 0 Å². The van der Waals surface area contributed by atoms with Crippen molar-refractivity contribution in [3.05, 3.63) is 126 Å². The molecule has 4 aromatic rings. The Morgan fingerprint density at radius 2 is 1.00 bits per heavy atom. The minimum Gasteiger partial charge on any atom is -0.294 e. The molecule has 6 nitrogen and oxygen atoms in total. The van der Waals surface area contributed by atoms with Gasteiger partial charge in [-0.2, -0.15) is 10.2 Å². The van der Waals surface area contributed by atoms with Gasteiger partial charge in [-0.15, -0.1) is 0 Å². The van der Waals surface area contributed by atoms with E-state index in [-0.39, 0.29) is 44.9 Å². The summed E-state index contributed by atoms with van der Waals surface area (Å²) in [6.45, 7) is 22.3. The highest BCUT2D eigenvalue weighted by Gasteiger charge is 2.56. The molecule has 6 aliphatic rings. The molecule has 0 radical (unpaired) electrons. The number of fused-ring (bicyclic) bond motifs is 10. The molecule has 2 aromatic heterocycles. The van der Waals surface area contributed by atoms with Gasteiger partial charge in [0, 0.05) is 59.3 Å². The van der Waals surface area contributed by atoms with Gasteiger partial charge in [0.2, 0.25) is 0 Å². The maximum Gasteiger partial charge on any atom is 0.160 e. The zero-order valence-electron chi connectivity index (χ0n) is 38.8. The van der Waals surface area contributed by atoms with Gasteiger partial charge in [-0.05, 0) is 120 Å². The van der Waals surface area contributed by atoms with E-state index in [9.17, 15) is 18.4 Å². The lowest BCUT2D eigenvalue weighted by molar-refractivity contribution is -0.119. The fraction of sp³-hybridized carbons (Fsp3) is 0.556. The Labute approximate surface area is 367 Å². The fourth-order valence-electron chi connectivity index (χ4n) is 12.8. The molecule has 6 aliphatic carbocycles. The van der Waals surface area contributed by atoms with Crippen molar-refractivity contribution in [3.8, 4) is 0 Å². The molecule has 2 aromatic carbocycles. The van der Waals surface area contributed by atoms with E-state index in [1.165, 1.54) is 22.3 Å². The zero-order chi connectivity index (χ0) is 44.4. The molecular weight excluding hydrogens is 775 g/mol. The van der Waals surface area contributed by atoms with Crippen LogP contribution in [-0.2, 0) is 58.9 Å². The topological polar surface area (TPSA) is 91.5 Å². The van der Waals surface area contributed by atoms with Crippen LogP contribution in [0.15, 0.2) is 58.7 Å². The largest absolute Gasteiger partial charge is 0.294 e. The van der Waals surface area contributed by atoms with Crippen molar-refractivity contribution in [2.24, 2.45) is 21.7 Å². The van der Waals surface area contributed by atoms with Crippen LogP contribution in [0.5, 0.6) is 0 Å². The van der Waals surface area contributed by atoms with Gasteiger partial charge in [0.05, 0.1) is 22.2 Å². The third kappa shape index (κ3) is 6.83. The van der Waals surface area contributed by atoms with Crippen molar-refractivity contribution in [3.63, 3.8) is 0 Å². The van der Waals surface area contributed by atoms with Crippen molar-refractivity contribution >= 4 is 11.6 Å². The lowest BCUT2D eigenvalue weighted by Gasteiger charge is -2.44. The highest BCUT2D eigenvalue weighted by atomic mass is 19.1. The number of carbonyl (C=O) groups is 2. The Hall–Kier alpha value is -4.46. The van der Waals surface area contributed by atoms with E-state index in [4.69, 9.17) is 10.2 Å². The SMILES string of the molecule is CCC(C)(C)Cc1n[nH]c2c1[C@@]1(CCc3cc(F)ccc31)C1=C(C2)CC(C)(C)CC1=O.CCC(C)(C)Cc1n[nH]c2c1[C@]1(CCc3cc(F)ccc31)C1=C(C2)CC(C)(C)CC1=O. The van der Waals surface area contributed by atoms with Crippen LogP contribution < -0.4 is 0 Å². The second kappa shape index (κ2) is 14.5. The Morgan fingerprint density at radius 3 is 1.37 bits per heavy atom. The second-order valence-corrected chi connectivity index (χ2v) is 23.0. The number of allylic oxidation sites excluding steroid dienone is 4. The predicted octanol–water partition coefficient (Wildman–Crippen LogP) is 12.0. The van der Waals surface area contributed by atoms with E-state index in [2.05, 4.69) is 79.4 Å². The average Bonchev–Trinajstić information content (AvgIpc) is 3.95. The summed E-state index contributed by atoms with van der Waals surface area (Å²) < 4.78 is 28.2. The van der Waals surface area contributed by atoms with Gasteiger partial charge in [0.1, 0.15) is 11.6 Å². The maximum absolute atomic E-state index is 14.1. The molecule has 0 aliphatic heterocycles.